The highest BCUT2D eigenvalue weighted by Gasteiger charge is 2.26. The van der Waals surface area contributed by atoms with E-state index in [2.05, 4.69) is 22.3 Å². The van der Waals surface area contributed by atoms with E-state index in [0.29, 0.717) is 13.2 Å². The van der Waals surface area contributed by atoms with Crippen LogP contribution in [0.4, 0.5) is 0 Å². The standard InChI is InChI=1S/C17H26N2O3/c1-5-21-15-9-13-7-8-19(12(3)17(20)18-4)11-14(13)10-16(15)22-6-2/h9-10,12H,5-8,11H2,1-4H3,(H,18,20)/t12-/m0/s1. The van der Waals surface area contributed by atoms with Gasteiger partial charge in [-0.15, -0.1) is 0 Å². The van der Waals surface area contributed by atoms with E-state index >= 15 is 0 Å². The summed E-state index contributed by atoms with van der Waals surface area (Å²) in [7, 11) is 1.68. The number of carbonyl (C=O) groups is 1. The zero-order valence-corrected chi connectivity index (χ0v) is 13.9. The Morgan fingerprint density at radius 1 is 1.23 bits per heavy atom. The van der Waals surface area contributed by atoms with Crippen molar-refractivity contribution >= 4 is 5.91 Å². The second-order valence-electron chi connectivity index (χ2n) is 5.44. The smallest absolute Gasteiger partial charge is 0.236 e. The van der Waals surface area contributed by atoms with Gasteiger partial charge in [0.25, 0.3) is 0 Å². The monoisotopic (exact) mass is 306 g/mol. The van der Waals surface area contributed by atoms with E-state index in [-0.39, 0.29) is 11.9 Å². The average Bonchev–Trinajstić information content (AvgIpc) is 2.54. The molecule has 122 valence electrons. The van der Waals surface area contributed by atoms with Gasteiger partial charge in [-0.05, 0) is 50.5 Å². The molecular weight excluding hydrogens is 280 g/mol. The molecule has 22 heavy (non-hydrogen) atoms. The Hall–Kier alpha value is -1.75. The molecule has 0 radical (unpaired) electrons. The summed E-state index contributed by atoms with van der Waals surface area (Å²) < 4.78 is 11.4. The molecule has 1 N–H and O–H groups in total. The summed E-state index contributed by atoms with van der Waals surface area (Å²) in [5.41, 5.74) is 2.50. The molecule has 1 aliphatic heterocycles. The lowest BCUT2D eigenvalue weighted by Gasteiger charge is -2.33. The second-order valence-corrected chi connectivity index (χ2v) is 5.44. The Labute approximate surface area is 132 Å². The summed E-state index contributed by atoms with van der Waals surface area (Å²) in [6, 6.07) is 4.03. The minimum Gasteiger partial charge on any atom is -0.490 e. The summed E-state index contributed by atoms with van der Waals surface area (Å²) in [4.78, 5) is 14.0. The Balaban J connectivity index is 2.23. The molecule has 5 heteroatoms. The molecule has 0 saturated heterocycles. The van der Waals surface area contributed by atoms with Gasteiger partial charge in [0.15, 0.2) is 11.5 Å². The summed E-state index contributed by atoms with van der Waals surface area (Å²) in [6.45, 7) is 8.76. The number of carbonyl (C=O) groups excluding carboxylic acids is 1. The topological polar surface area (TPSA) is 50.8 Å². The third-order valence-electron chi connectivity index (χ3n) is 4.08. The summed E-state index contributed by atoms with van der Waals surface area (Å²) in [5, 5.41) is 2.72. The van der Waals surface area contributed by atoms with Crippen LogP contribution in [-0.4, -0.2) is 43.7 Å². The molecule has 2 rings (SSSR count). The van der Waals surface area contributed by atoms with Crippen LogP contribution in [-0.2, 0) is 17.8 Å². The number of amides is 1. The molecule has 5 nitrogen and oxygen atoms in total. The fourth-order valence-corrected chi connectivity index (χ4v) is 2.83. The van der Waals surface area contributed by atoms with Crippen LogP contribution >= 0.6 is 0 Å². The van der Waals surface area contributed by atoms with Crippen molar-refractivity contribution in [2.24, 2.45) is 0 Å². The molecule has 1 atom stereocenters. The van der Waals surface area contributed by atoms with Gasteiger partial charge in [0.05, 0.1) is 19.3 Å². The van der Waals surface area contributed by atoms with Crippen molar-refractivity contribution in [1.29, 1.82) is 0 Å². The first-order valence-corrected chi connectivity index (χ1v) is 7.97. The Kier molecular flexibility index (Phi) is 5.66. The lowest BCUT2D eigenvalue weighted by Crippen LogP contribution is -2.46. The lowest BCUT2D eigenvalue weighted by molar-refractivity contribution is -0.125. The van der Waals surface area contributed by atoms with Crippen molar-refractivity contribution in [1.82, 2.24) is 10.2 Å². The van der Waals surface area contributed by atoms with Crippen molar-refractivity contribution in [2.45, 2.75) is 39.8 Å². The first kappa shape index (κ1) is 16.6. The van der Waals surface area contributed by atoms with Crippen molar-refractivity contribution < 1.29 is 14.3 Å². The van der Waals surface area contributed by atoms with Gasteiger partial charge in [-0.1, -0.05) is 0 Å². The van der Waals surface area contributed by atoms with E-state index < -0.39 is 0 Å². The van der Waals surface area contributed by atoms with Crippen LogP contribution < -0.4 is 14.8 Å². The third-order valence-corrected chi connectivity index (χ3v) is 4.08. The minimum absolute atomic E-state index is 0.0550. The molecule has 1 heterocycles. The molecule has 0 fully saturated rings. The molecule has 0 bridgehead atoms. The Morgan fingerprint density at radius 2 is 1.82 bits per heavy atom. The number of ether oxygens (including phenoxy) is 2. The van der Waals surface area contributed by atoms with Crippen molar-refractivity contribution in [3.8, 4) is 11.5 Å². The van der Waals surface area contributed by atoms with E-state index in [1.165, 1.54) is 11.1 Å². The molecule has 0 spiro atoms. The molecule has 1 aromatic carbocycles. The predicted molar refractivity (Wildman–Crippen MR) is 86.4 cm³/mol. The number of nitrogens with zero attached hydrogens (tertiary/aromatic N) is 1. The van der Waals surface area contributed by atoms with Crippen molar-refractivity contribution in [3.05, 3.63) is 23.3 Å². The number of fused-ring (bicyclic) bond motifs is 1. The van der Waals surface area contributed by atoms with E-state index in [1.807, 2.05) is 20.8 Å². The fourth-order valence-electron chi connectivity index (χ4n) is 2.83. The molecule has 0 saturated carbocycles. The number of rotatable bonds is 6. The van der Waals surface area contributed by atoms with Gasteiger partial charge in [0.1, 0.15) is 0 Å². The van der Waals surface area contributed by atoms with E-state index in [9.17, 15) is 4.79 Å². The van der Waals surface area contributed by atoms with Gasteiger partial charge in [-0.2, -0.15) is 0 Å². The fraction of sp³-hybridized carbons (Fsp3) is 0.588. The number of likely N-dealkylation sites (N-methyl/N-ethyl adjacent to an activating group) is 1. The van der Waals surface area contributed by atoms with Gasteiger partial charge in [0.2, 0.25) is 5.91 Å². The quantitative estimate of drug-likeness (QED) is 0.873. The highest BCUT2D eigenvalue weighted by molar-refractivity contribution is 5.81. The molecule has 0 aromatic heterocycles. The van der Waals surface area contributed by atoms with Gasteiger partial charge < -0.3 is 14.8 Å². The maximum Gasteiger partial charge on any atom is 0.236 e. The SMILES string of the molecule is CCOc1cc2c(cc1OCC)CN([C@@H](C)C(=O)NC)CC2. The molecule has 0 unspecified atom stereocenters. The third kappa shape index (κ3) is 3.53. The highest BCUT2D eigenvalue weighted by Crippen LogP contribution is 2.34. The van der Waals surface area contributed by atoms with Crippen LogP contribution in [0.25, 0.3) is 0 Å². The second kappa shape index (κ2) is 7.49. The van der Waals surface area contributed by atoms with Crippen LogP contribution in [0, 0.1) is 0 Å². The van der Waals surface area contributed by atoms with Crippen LogP contribution in [0.1, 0.15) is 31.9 Å². The van der Waals surface area contributed by atoms with Gasteiger partial charge in [0, 0.05) is 20.1 Å². The molecule has 1 aliphatic rings. The van der Waals surface area contributed by atoms with Crippen molar-refractivity contribution in [2.75, 3.05) is 26.8 Å². The number of nitrogens with one attached hydrogen (secondary N) is 1. The molecule has 0 aliphatic carbocycles. The zero-order valence-electron chi connectivity index (χ0n) is 13.9. The van der Waals surface area contributed by atoms with Crippen LogP contribution in [0.15, 0.2) is 12.1 Å². The lowest BCUT2D eigenvalue weighted by atomic mass is 9.97. The summed E-state index contributed by atoms with van der Waals surface area (Å²) in [5.74, 6) is 1.66. The summed E-state index contributed by atoms with van der Waals surface area (Å²) >= 11 is 0. The number of benzene rings is 1. The zero-order chi connectivity index (χ0) is 16.1. The number of hydrogen-bond acceptors (Lipinski definition) is 4. The molecule has 1 amide bonds. The molecular formula is C17H26N2O3. The Bertz CT molecular complexity index is 531. The predicted octanol–water partition coefficient (Wildman–Crippen LogP) is 1.98. The normalized spacial score (nSPS) is 15.8. The average molecular weight is 306 g/mol. The first-order chi connectivity index (χ1) is 10.6. The van der Waals surface area contributed by atoms with Gasteiger partial charge in [-0.3, -0.25) is 9.69 Å². The minimum atomic E-state index is -0.125. The van der Waals surface area contributed by atoms with Crippen molar-refractivity contribution in [3.63, 3.8) is 0 Å². The van der Waals surface area contributed by atoms with E-state index in [1.54, 1.807) is 7.05 Å². The van der Waals surface area contributed by atoms with E-state index in [0.717, 1.165) is 31.0 Å². The molecule has 1 aromatic rings. The maximum atomic E-state index is 11.8. The first-order valence-electron chi connectivity index (χ1n) is 7.97. The highest BCUT2D eigenvalue weighted by atomic mass is 16.5. The van der Waals surface area contributed by atoms with Gasteiger partial charge in [-0.25, -0.2) is 0 Å². The van der Waals surface area contributed by atoms with Gasteiger partial charge >= 0.3 is 0 Å². The summed E-state index contributed by atoms with van der Waals surface area (Å²) in [6.07, 6.45) is 0.920. The maximum absolute atomic E-state index is 11.8. The van der Waals surface area contributed by atoms with E-state index in [4.69, 9.17) is 9.47 Å². The number of hydrogen-bond donors (Lipinski definition) is 1. The Morgan fingerprint density at radius 3 is 2.36 bits per heavy atom. The van der Waals surface area contributed by atoms with Crippen LogP contribution in [0.5, 0.6) is 11.5 Å². The van der Waals surface area contributed by atoms with Crippen LogP contribution in [0.3, 0.4) is 0 Å². The van der Waals surface area contributed by atoms with Crippen LogP contribution in [0.2, 0.25) is 0 Å². The largest absolute Gasteiger partial charge is 0.490 e.